The molecule has 0 aliphatic carbocycles. The molecule has 4 rings (SSSR count). The van der Waals surface area contributed by atoms with Crippen LogP contribution in [0.25, 0.3) is 21.7 Å². The number of aromatic nitrogens is 4. The predicted octanol–water partition coefficient (Wildman–Crippen LogP) is 3.36. The van der Waals surface area contributed by atoms with Gasteiger partial charge in [0.05, 0.1) is 24.1 Å². The quantitative estimate of drug-likeness (QED) is 0.558. The fraction of sp³-hybridized carbons (Fsp3) is 0.158. The Morgan fingerprint density at radius 1 is 1.23 bits per heavy atom. The minimum absolute atomic E-state index is 0.0979. The van der Waals surface area contributed by atoms with E-state index in [0.717, 1.165) is 21.9 Å². The number of pyridine rings is 1. The van der Waals surface area contributed by atoms with E-state index in [1.54, 1.807) is 41.9 Å². The molecule has 0 bridgehead atoms. The largest absolute Gasteiger partial charge is 0.336 e. The molecule has 26 heavy (non-hydrogen) atoms. The number of imidazole rings is 1. The predicted molar refractivity (Wildman–Crippen MR) is 102 cm³/mol. The lowest BCUT2D eigenvalue weighted by Crippen LogP contribution is -2.26. The van der Waals surface area contributed by atoms with Gasteiger partial charge in [-0.1, -0.05) is 30.3 Å². The molecule has 0 aliphatic heterocycles. The smallest absolute Gasteiger partial charge is 0.255 e. The van der Waals surface area contributed by atoms with Crippen molar-refractivity contribution in [3.63, 3.8) is 0 Å². The minimum atomic E-state index is -0.0979. The lowest BCUT2D eigenvalue weighted by Gasteiger charge is -2.15. The summed E-state index contributed by atoms with van der Waals surface area (Å²) in [7, 11) is 3.65. The van der Waals surface area contributed by atoms with E-state index in [1.165, 1.54) is 0 Å². The molecule has 0 saturated carbocycles. The molecule has 0 atom stereocenters. The number of carbonyl (C=O) groups excluding carboxylic acids is 1. The molecule has 0 saturated heterocycles. The third kappa shape index (κ3) is 3.09. The van der Waals surface area contributed by atoms with Crippen LogP contribution in [0, 0.1) is 0 Å². The number of thiazole rings is 1. The second kappa shape index (κ2) is 6.68. The van der Waals surface area contributed by atoms with E-state index in [1.807, 2.05) is 47.3 Å². The molecular weight excluding hydrogens is 346 g/mol. The molecule has 7 heteroatoms. The van der Waals surface area contributed by atoms with Crippen molar-refractivity contribution in [3.8, 4) is 10.6 Å². The zero-order valence-corrected chi connectivity index (χ0v) is 15.3. The maximum atomic E-state index is 12.7. The molecule has 3 heterocycles. The molecule has 130 valence electrons. The number of amides is 1. The van der Waals surface area contributed by atoms with Crippen LogP contribution in [0.2, 0.25) is 0 Å². The molecule has 3 aromatic heterocycles. The molecule has 0 unspecified atom stereocenters. The van der Waals surface area contributed by atoms with Gasteiger partial charge in [0.1, 0.15) is 10.5 Å². The summed E-state index contributed by atoms with van der Waals surface area (Å²) < 4.78 is 1.83. The van der Waals surface area contributed by atoms with Crippen LogP contribution < -0.4 is 0 Å². The first kappa shape index (κ1) is 16.4. The van der Waals surface area contributed by atoms with Crippen molar-refractivity contribution < 1.29 is 4.79 Å². The summed E-state index contributed by atoms with van der Waals surface area (Å²) in [6.45, 7) is 0.447. The normalized spacial score (nSPS) is 11.0. The fourth-order valence-corrected chi connectivity index (χ4v) is 3.58. The van der Waals surface area contributed by atoms with Gasteiger partial charge in [0.2, 0.25) is 0 Å². The van der Waals surface area contributed by atoms with E-state index < -0.39 is 0 Å². The number of hydrogen-bond donors (Lipinski definition) is 0. The van der Waals surface area contributed by atoms with Gasteiger partial charge in [-0.2, -0.15) is 0 Å². The topological polar surface area (TPSA) is 63.9 Å². The van der Waals surface area contributed by atoms with Crippen molar-refractivity contribution in [2.45, 2.75) is 6.54 Å². The van der Waals surface area contributed by atoms with E-state index in [-0.39, 0.29) is 5.91 Å². The average molecular weight is 363 g/mol. The number of nitrogens with zero attached hydrogens (tertiary/aromatic N) is 5. The van der Waals surface area contributed by atoms with Gasteiger partial charge in [0.15, 0.2) is 5.65 Å². The lowest BCUT2D eigenvalue weighted by atomic mass is 10.2. The first-order valence-corrected chi connectivity index (χ1v) is 9.02. The number of aryl methyl sites for hydroxylation is 1. The van der Waals surface area contributed by atoms with Gasteiger partial charge < -0.3 is 9.47 Å². The van der Waals surface area contributed by atoms with Gasteiger partial charge in [-0.15, -0.1) is 11.3 Å². The Balaban J connectivity index is 1.51. The first-order chi connectivity index (χ1) is 12.6. The minimum Gasteiger partial charge on any atom is -0.336 e. The molecule has 0 fully saturated rings. The summed E-state index contributed by atoms with van der Waals surface area (Å²) in [5.74, 6) is -0.0979. The van der Waals surface area contributed by atoms with Crippen molar-refractivity contribution >= 4 is 28.4 Å². The molecule has 0 radical (unpaired) electrons. The molecule has 0 aliphatic rings. The Hall–Kier alpha value is -3.06. The highest BCUT2D eigenvalue weighted by atomic mass is 32.1. The zero-order valence-electron chi connectivity index (χ0n) is 14.5. The van der Waals surface area contributed by atoms with Gasteiger partial charge in [-0.3, -0.25) is 4.79 Å². The number of rotatable bonds is 4. The molecule has 1 amide bonds. The van der Waals surface area contributed by atoms with Crippen LogP contribution in [-0.2, 0) is 13.6 Å². The van der Waals surface area contributed by atoms with Crippen molar-refractivity contribution in [1.82, 2.24) is 24.4 Å². The fourth-order valence-electron chi connectivity index (χ4n) is 2.76. The SMILES string of the molecule is CN(Cc1csc(-c2ccccc2)n1)C(=O)c1cnc2c(c1)ncn2C. The Morgan fingerprint density at radius 3 is 2.85 bits per heavy atom. The Labute approximate surface area is 154 Å². The summed E-state index contributed by atoms with van der Waals surface area (Å²) in [6.07, 6.45) is 3.29. The second-order valence-corrected chi connectivity index (χ2v) is 6.95. The van der Waals surface area contributed by atoms with E-state index in [0.29, 0.717) is 17.6 Å². The van der Waals surface area contributed by atoms with Crippen LogP contribution in [0.1, 0.15) is 16.1 Å². The zero-order chi connectivity index (χ0) is 18.1. The van der Waals surface area contributed by atoms with Gasteiger partial charge in [-0.25, -0.2) is 15.0 Å². The maximum absolute atomic E-state index is 12.7. The molecule has 4 aromatic rings. The van der Waals surface area contributed by atoms with E-state index in [2.05, 4.69) is 15.0 Å². The van der Waals surface area contributed by atoms with Gasteiger partial charge >= 0.3 is 0 Å². The maximum Gasteiger partial charge on any atom is 0.255 e. The van der Waals surface area contributed by atoms with Crippen LogP contribution in [0.15, 0.2) is 54.3 Å². The van der Waals surface area contributed by atoms with Crippen LogP contribution in [0.5, 0.6) is 0 Å². The summed E-state index contributed by atoms with van der Waals surface area (Å²) in [6, 6.07) is 11.8. The Bertz CT molecular complexity index is 1070. The standard InChI is InChI=1S/C19H17N5OS/c1-23(10-15-11-26-18(22-15)13-6-4-3-5-7-13)19(25)14-8-16-17(20-9-14)24(2)12-21-16/h3-9,11-12H,10H2,1-2H3. The first-order valence-electron chi connectivity index (χ1n) is 8.14. The number of fused-ring (bicyclic) bond motifs is 1. The highest BCUT2D eigenvalue weighted by molar-refractivity contribution is 7.13. The van der Waals surface area contributed by atoms with Crippen molar-refractivity contribution in [1.29, 1.82) is 0 Å². The second-order valence-electron chi connectivity index (χ2n) is 6.09. The summed E-state index contributed by atoms with van der Waals surface area (Å²) in [5, 5.41) is 2.95. The summed E-state index contributed by atoms with van der Waals surface area (Å²) in [4.78, 5) is 27.6. The lowest BCUT2D eigenvalue weighted by molar-refractivity contribution is 0.0783. The van der Waals surface area contributed by atoms with E-state index >= 15 is 0 Å². The average Bonchev–Trinajstić information content (AvgIpc) is 3.28. The van der Waals surface area contributed by atoms with Crippen molar-refractivity contribution in [2.24, 2.45) is 7.05 Å². The number of benzene rings is 1. The van der Waals surface area contributed by atoms with Crippen molar-refractivity contribution in [3.05, 3.63) is 65.6 Å². The van der Waals surface area contributed by atoms with Crippen LogP contribution in [0.4, 0.5) is 0 Å². The summed E-state index contributed by atoms with van der Waals surface area (Å²) in [5.41, 5.74) is 3.96. The van der Waals surface area contributed by atoms with E-state index in [4.69, 9.17) is 0 Å². The highest BCUT2D eigenvalue weighted by Gasteiger charge is 2.16. The molecule has 1 aromatic carbocycles. The van der Waals surface area contributed by atoms with Gasteiger partial charge in [0, 0.05) is 31.2 Å². The van der Waals surface area contributed by atoms with Gasteiger partial charge in [-0.05, 0) is 6.07 Å². The monoisotopic (exact) mass is 363 g/mol. The molecule has 6 nitrogen and oxygen atoms in total. The van der Waals surface area contributed by atoms with E-state index in [9.17, 15) is 4.79 Å². The Kier molecular flexibility index (Phi) is 4.22. The highest BCUT2D eigenvalue weighted by Crippen LogP contribution is 2.24. The summed E-state index contributed by atoms with van der Waals surface area (Å²) >= 11 is 1.58. The van der Waals surface area contributed by atoms with Crippen LogP contribution >= 0.6 is 11.3 Å². The van der Waals surface area contributed by atoms with Crippen LogP contribution in [0.3, 0.4) is 0 Å². The molecule has 0 spiro atoms. The van der Waals surface area contributed by atoms with Gasteiger partial charge in [0.25, 0.3) is 5.91 Å². The van der Waals surface area contributed by atoms with Crippen molar-refractivity contribution in [2.75, 3.05) is 7.05 Å². The Morgan fingerprint density at radius 2 is 2.04 bits per heavy atom. The number of hydrogen-bond acceptors (Lipinski definition) is 5. The third-order valence-electron chi connectivity index (χ3n) is 4.12. The molecule has 0 N–H and O–H groups in total. The molecular formula is C19H17N5OS. The number of carbonyl (C=O) groups is 1. The third-order valence-corrected chi connectivity index (χ3v) is 5.06. The van der Waals surface area contributed by atoms with Crippen LogP contribution in [-0.4, -0.2) is 37.4 Å².